The molecule has 0 aliphatic carbocycles. The van der Waals surface area contributed by atoms with Gasteiger partial charge in [0, 0.05) is 5.56 Å². The van der Waals surface area contributed by atoms with Crippen LogP contribution in [0.5, 0.6) is 0 Å². The van der Waals surface area contributed by atoms with Gasteiger partial charge in [-0.15, -0.1) is 5.10 Å². The summed E-state index contributed by atoms with van der Waals surface area (Å²) < 4.78 is 10.6. The Bertz CT molecular complexity index is 1120. The number of nitrogens with one attached hydrogen (secondary N) is 1. The fraction of sp³-hybridized carbons (Fsp3) is 0.174. The van der Waals surface area contributed by atoms with Gasteiger partial charge < -0.3 is 8.83 Å². The molecular formula is C23H21N3O3. The minimum atomic E-state index is -0.326. The standard InChI is InChI=1S/C23H21N3O3/c1-23(2,3)18-11-9-15(10-12-18)16-6-4-7-17(14-16)20(27)24-22-26-25-21(29-22)19-8-5-13-28-19/h4-14H,1-3H3,(H,24,26,27). The second-order valence-electron chi connectivity index (χ2n) is 7.75. The van der Waals surface area contributed by atoms with Crippen LogP contribution in [0.3, 0.4) is 0 Å². The summed E-state index contributed by atoms with van der Waals surface area (Å²) in [6.45, 7) is 6.55. The number of furan rings is 1. The molecule has 1 N–H and O–H groups in total. The predicted molar refractivity (Wildman–Crippen MR) is 111 cm³/mol. The second kappa shape index (κ2) is 7.39. The topological polar surface area (TPSA) is 81.2 Å². The molecule has 0 unspecified atom stereocenters. The van der Waals surface area contributed by atoms with E-state index in [1.54, 1.807) is 18.2 Å². The molecule has 6 heteroatoms. The van der Waals surface area contributed by atoms with E-state index in [4.69, 9.17) is 8.83 Å². The van der Waals surface area contributed by atoms with Gasteiger partial charge in [0.1, 0.15) is 0 Å². The molecule has 0 aliphatic heterocycles. The lowest BCUT2D eigenvalue weighted by molar-refractivity contribution is 0.102. The molecule has 2 heterocycles. The first kappa shape index (κ1) is 18.7. The van der Waals surface area contributed by atoms with Gasteiger partial charge in [0.2, 0.25) is 0 Å². The van der Waals surface area contributed by atoms with Crippen LogP contribution >= 0.6 is 0 Å². The van der Waals surface area contributed by atoms with Crippen molar-refractivity contribution in [1.29, 1.82) is 0 Å². The Hall–Kier alpha value is -3.67. The van der Waals surface area contributed by atoms with Crippen LogP contribution in [0.4, 0.5) is 6.01 Å². The highest BCUT2D eigenvalue weighted by Crippen LogP contribution is 2.27. The molecule has 0 saturated carbocycles. The van der Waals surface area contributed by atoms with Crippen molar-refractivity contribution in [3.63, 3.8) is 0 Å². The Labute approximate surface area is 168 Å². The molecule has 0 atom stereocenters. The summed E-state index contributed by atoms with van der Waals surface area (Å²) in [6, 6.07) is 19.2. The average Bonchev–Trinajstić information content (AvgIpc) is 3.39. The average molecular weight is 387 g/mol. The number of nitrogens with zero attached hydrogens (tertiary/aromatic N) is 2. The first-order valence-corrected chi connectivity index (χ1v) is 9.30. The van der Waals surface area contributed by atoms with Crippen LogP contribution in [0.15, 0.2) is 75.8 Å². The van der Waals surface area contributed by atoms with Crippen LogP contribution in [0.2, 0.25) is 0 Å². The maximum atomic E-state index is 12.6. The van der Waals surface area contributed by atoms with E-state index in [1.165, 1.54) is 11.8 Å². The summed E-state index contributed by atoms with van der Waals surface area (Å²) in [6.07, 6.45) is 1.51. The molecule has 0 saturated heterocycles. The molecule has 0 radical (unpaired) electrons. The first-order chi connectivity index (χ1) is 13.9. The van der Waals surface area contributed by atoms with Crippen molar-refractivity contribution in [1.82, 2.24) is 10.2 Å². The summed E-state index contributed by atoms with van der Waals surface area (Å²) in [4.78, 5) is 12.6. The Morgan fingerprint density at radius 1 is 0.931 bits per heavy atom. The number of anilines is 1. The highest BCUT2D eigenvalue weighted by molar-refractivity contribution is 6.03. The third-order valence-electron chi connectivity index (χ3n) is 4.59. The summed E-state index contributed by atoms with van der Waals surface area (Å²) in [5.41, 5.74) is 3.86. The third-order valence-corrected chi connectivity index (χ3v) is 4.59. The van der Waals surface area contributed by atoms with Crippen molar-refractivity contribution in [2.75, 3.05) is 5.32 Å². The van der Waals surface area contributed by atoms with Gasteiger partial charge in [-0.1, -0.05) is 62.3 Å². The van der Waals surface area contributed by atoms with Gasteiger partial charge in [-0.05, 0) is 46.4 Å². The van der Waals surface area contributed by atoms with Crippen LogP contribution in [0, 0.1) is 0 Å². The number of carbonyl (C=O) groups excluding carboxylic acids is 1. The van der Waals surface area contributed by atoms with E-state index in [2.05, 4.69) is 60.6 Å². The summed E-state index contributed by atoms with van der Waals surface area (Å²) in [5, 5.41) is 10.3. The number of aromatic nitrogens is 2. The lowest BCUT2D eigenvalue weighted by Crippen LogP contribution is -2.12. The van der Waals surface area contributed by atoms with Crippen molar-refractivity contribution in [2.45, 2.75) is 26.2 Å². The van der Waals surface area contributed by atoms with Gasteiger partial charge in [-0.2, -0.15) is 0 Å². The normalized spacial score (nSPS) is 11.4. The lowest BCUT2D eigenvalue weighted by Gasteiger charge is -2.19. The lowest BCUT2D eigenvalue weighted by atomic mass is 9.86. The number of carbonyl (C=O) groups is 1. The second-order valence-corrected chi connectivity index (χ2v) is 7.75. The third kappa shape index (κ3) is 4.11. The first-order valence-electron chi connectivity index (χ1n) is 9.30. The molecule has 2 aromatic heterocycles. The maximum Gasteiger partial charge on any atom is 0.322 e. The van der Waals surface area contributed by atoms with E-state index >= 15 is 0 Å². The predicted octanol–water partition coefficient (Wildman–Crippen LogP) is 5.55. The monoisotopic (exact) mass is 387 g/mol. The Balaban J connectivity index is 1.52. The summed E-state index contributed by atoms with van der Waals surface area (Å²) in [7, 11) is 0. The molecule has 0 fully saturated rings. The zero-order chi connectivity index (χ0) is 20.4. The Morgan fingerprint density at radius 3 is 2.41 bits per heavy atom. The van der Waals surface area contributed by atoms with Crippen LogP contribution < -0.4 is 5.32 Å². The summed E-state index contributed by atoms with van der Waals surface area (Å²) >= 11 is 0. The van der Waals surface area contributed by atoms with Crippen molar-refractivity contribution in [3.05, 3.63) is 78.1 Å². The van der Waals surface area contributed by atoms with Gasteiger partial charge in [0.25, 0.3) is 11.8 Å². The zero-order valence-electron chi connectivity index (χ0n) is 16.5. The number of amides is 1. The van der Waals surface area contributed by atoms with E-state index in [9.17, 15) is 4.79 Å². The van der Waals surface area contributed by atoms with E-state index < -0.39 is 0 Å². The van der Waals surface area contributed by atoms with Crippen LogP contribution in [0.1, 0.15) is 36.7 Å². The van der Waals surface area contributed by atoms with Crippen LogP contribution in [-0.2, 0) is 5.41 Å². The molecule has 0 spiro atoms. The van der Waals surface area contributed by atoms with E-state index in [0.717, 1.165) is 11.1 Å². The molecular weight excluding hydrogens is 366 g/mol. The molecule has 4 aromatic rings. The zero-order valence-corrected chi connectivity index (χ0v) is 16.5. The highest BCUT2D eigenvalue weighted by Gasteiger charge is 2.16. The largest absolute Gasteiger partial charge is 0.459 e. The molecule has 146 valence electrons. The highest BCUT2D eigenvalue weighted by atomic mass is 16.4. The van der Waals surface area contributed by atoms with Gasteiger partial charge in [-0.25, -0.2) is 0 Å². The van der Waals surface area contributed by atoms with Gasteiger partial charge >= 0.3 is 6.01 Å². The minimum absolute atomic E-state index is 0.0151. The number of hydrogen-bond acceptors (Lipinski definition) is 5. The molecule has 1 amide bonds. The molecule has 0 bridgehead atoms. The van der Waals surface area contributed by atoms with Crippen molar-refractivity contribution >= 4 is 11.9 Å². The Kier molecular flexibility index (Phi) is 4.76. The quantitative estimate of drug-likeness (QED) is 0.497. The van der Waals surface area contributed by atoms with Crippen LogP contribution in [-0.4, -0.2) is 16.1 Å². The van der Waals surface area contributed by atoms with E-state index in [-0.39, 0.29) is 23.2 Å². The van der Waals surface area contributed by atoms with Crippen molar-refractivity contribution in [3.8, 4) is 22.8 Å². The molecule has 0 aliphatic rings. The molecule has 2 aromatic carbocycles. The van der Waals surface area contributed by atoms with E-state index in [0.29, 0.717) is 11.3 Å². The molecule has 4 rings (SSSR count). The fourth-order valence-electron chi connectivity index (χ4n) is 2.95. The molecule has 6 nitrogen and oxygen atoms in total. The van der Waals surface area contributed by atoms with Crippen LogP contribution in [0.25, 0.3) is 22.8 Å². The van der Waals surface area contributed by atoms with Gasteiger partial charge in [-0.3, -0.25) is 10.1 Å². The maximum absolute atomic E-state index is 12.6. The smallest absolute Gasteiger partial charge is 0.322 e. The minimum Gasteiger partial charge on any atom is -0.459 e. The SMILES string of the molecule is CC(C)(C)c1ccc(-c2cccc(C(=O)Nc3nnc(-c4ccco4)o3)c2)cc1. The van der Waals surface area contributed by atoms with Gasteiger partial charge in [0.05, 0.1) is 6.26 Å². The van der Waals surface area contributed by atoms with Gasteiger partial charge in [0.15, 0.2) is 5.76 Å². The van der Waals surface area contributed by atoms with Crippen molar-refractivity contribution in [2.24, 2.45) is 0 Å². The van der Waals surface area contributed by atoms with E-state index in [1.807, 2.05) is 18.2 Å². The number of rotatable bonds is 4. The molecule has 29 heavy (non-hydrogen) atoms. The fourth-order valence-corrected chi connectivity index (χ4v) is 2.95. The Morgan fingerprint density at radius 2 is 1.72 bits per heavy atom. The van der Waals surface area contributed by atoms with Crippen molar-refractivity contribution < 1.29 is 13.6 Å². The number of hydrogen-bond donors (Lipinski definition) is 1. The number of benzene rings is 2. The summed E-state index contributed by atoms with van der Waals surface area (Å²) in [5.74, 6) is 0.324.